The first-order chi connectivity index (χ1) is 9.73. The van der Waals surface area contributed by atoms with E-state index in [4.69, 9.17) is 0 Å². The highest BCUT2D eigenvalue weighted by atomic mass is 16.2. The normalized spacial score (nSPS) is 44.3. The van der Waals surface area contributed by atoms with Gasteiger partial charge in [-0.1, -0.05) is 32.1 Å². The van der Waals surface area contributed by atoms with Crippen LogP contribution in [0.25, 0.3) is 0 Å². The second-order valence-electron chi connectivity index (χ2n) is 8.35. The van der Waals surface area contributed by atoms with Gasteiger partial charge in [-0.05, 0) is 62.7 Å². The lowest BCUT2D eigenvalue weighted by molar-refractivity contribution is -0.139. The van der Waals surface area contributed by atoms with E-state index in [0.29, 0.717) is 11.9 Å². The minimum Gasteiger partial charge on any atom is -0.353 e. The number of nitrogens with one attached hydrogen (secondary N) is 1. The molecular weight excluding hydrogens is 246 g/mol. The third-order valence-electron chi connectivity index (χ3n) is 6.78. The van der Waals surface area contributed by atoms with Gasteiger partial charge in [-0.3, -0.25) is 4.79 Å². The molecule has 0 radical (unpaired) electrons. The molecule has 2 heteroatoms. The summed E-state index contributed by atoms with van der Waals surface area (Å²) in [5.74, 6) is 3.04. The van der Waals surface area contributed by atoms with Gasteiger partial charge in [-0.15, -0.1) is 0 Å². The highest BCUT2D eigenvalue weighted by molar-refractivity contribution is 5.83. The van der Waals surface area contributed by atoms with Crippen molar-refractivity contribution in [3.05, 3.63) is 0 Å². The summed E-state index contributed by atoms with van der Waals surface area (Å²) in [4.78, 5) is 13.0. The van der Waals surface area contributed by atoms with Gasteiger partial charge in [0.1, 0.15) is 0 Å². The zero-order chi connectivity index (χ0) is 13.6. The minimum atomic E-state index is 0.0461. The molecule has 5 fully saturated rings. The number of carbonyl (C=O) groups excluding carboxylic acids is 1. The summed E-state index contributed by atoms with van der Waals surface area (Å²) >= 11 is 0. The molecule has 0 spiro atoms. The fraction of sp³-hybridized carbons (Fsp3) is 0.944. The maximum Gasteiger partial charge on any atom is 0.226 e. The Morgan fingerprint density at radius 2 is 1.40 bits per heavy atom. The first kappa shape index (κ1) is 13.2. The fourth-order valence-corrected chi connectivity index (χ4v) is 6.05. The van der Waals surface area contributed by atoms with Crippen LogP contribution < -0.4 is 5.32 Å². The standard InChI is InChI=1S/C18H29NO/c20-17(19-16-4-2-1-3-5-16)18-10-13-6-7-14(11-18)9-15(8-13)12-18/h13-16H,1-12H2,(H,19,20)/t13-,14-,15?,18?/m1/s1. The lowest BCUT2D eigenvalue weighted by atomic mass is 9.58. The average Bonchev–Trinajstić information content (AvgIpc) is 2.66. The van der Waals surface area contributed by atoms with Gasteiger partial charge in [0.05, 0.1) is 0 Å². The van der Waals surface area contributed by atoms with E-state index < -0.39 is 0 Å². The molecule has 0 unspecified atom stereocenters. The quantitative estimate of drug-likeness (QED) is 0.809. The summed E-state index contributed by atoms with van der Waals surface area (Å²) in [6, 6.07) is 0.491. The van der Waals surface area contributed by atoms with E-state index in [1.165, 1.54) is 77.0 Å². The summed E-state index contributed by atoms with van der Waals surface area (Å²) in [6.07, 6.45) is 15.7. The van der Waals surface area contributed by atoms with Crippen molar-refractivity contribution in [2.24, 2.45) is 23.2 Å². The third-order valence-corrected chi connectivity index (χ3v) is 6.78. The Morgan fingerprint density at radius 3 is 2.05 bits per heavy atom. The van der Waals surface area contributed by atoms with Gasteiger partial charge in [0, 0.05) is 11.5 Å². The third kappa shape index (κ3) is 2.29. The number of rotatable bonds is 2. The van der Waals surface area contributed by atoms with E-state index in [2.05, 4.69) is 5.32 Å². The predicted octanol–water partition coefficient (Wildman–Crippen LogP) is 4.04. The summed E-state index contributed by atoms with van der Waals surface area (Å²) in [5.41, 5.74) is 0.0461. The largest absolute Gasteiger partial charge is 0.353 e. The Morgan fingerprint density at radius 1 is 0.800 bits per heavy atom. The summed E-state index contributed by atoms with van der Waals surface area (Å²) in [6.45, 7) is 0. The molecule has 2 nitrogen and oxygen atoms in total. The first-order valence-electron chi connectivity index (χ1n) is 9.04. The molecule has 4 bridgehead atoms. The second kappa shape index (κ2) is 5.03. The van der Waals surface area contributed by atoms with Crippen molar-refractivity contribution >= 4 is 5.91 Å². The molecule has 2 atom stereocenters. The van der Waals surface area contributed by atoms with Crippen LogP contribution in [0.3, 0.4) is 0 Å². The van der Waals surface area contributed by atoms with E-state index in [0.717, 1.165) is 17.8 Å². The Balaban J connectivity index is 1.49. The molecule has 0 aromatic rings. The fourth-order valence-electron chi connectivity index (χ4n) is 6.05. The molecule has 1 N–H and O–H groups in total. The molecule has 5 saturated carbocycles. The number of carbonyl (C=O) groups is 1. The smallest absolute Gasteiger partial charge is 0.226 e. The lowest BCUT2D eigenvalue weighted by Crippen LogP contribution is -2.51. The Hall–Kier alpha value is -0.530. The van der Waals surface area contributed by atoms with Crippen LogP contribution in [-0.2, 0) is 4.79 Å². The van der Waals surface area contributed by atoms with Crippen LogP contribution in [0.4, 0.5) is 0 Å². The van der Waals surface area contributed by atoms with Gasteiger partial charge < -0.3 is 5.32 Å². The monoisotopic (exact) mass is 275 g/mol. The number of fused-ring (bicyclic) bond motifs is 1. The van der Waals surface area contributed by atoms with E-state index in [1.807, 2.05) is 0 Å². The molecular formula is C18H29NO. The van der Waals surface area contributed by atoms with Crippen molar-refractivity contribution in [2.45, 2.75) is 83.1 Å². The predicted molar refractivity (Wildman–Crippen MR) is 80.2 cm³/mol. The van der Waals surface area contributed by atoms with Gasteiger partial charge in [0.15, 0.2) is 0 Å². The molecule has 0 aliphatic heterocycles. The van der Waals surface area contributed by atoms with Crippen molar-refractivity contribution < 1.29 is 4.79 Å². The SMILES string of the molecule is O=C(NC1CCCCC1)C12CC3C[C@@H](CC[C@H](C3)C1)C2. The maximum atomic E-state index is 13.0. The molecule has 0 saturated heterocycles. The van der Waals surface area contributed by atoms with E-state index in [1.54, 1.807) is 0 Å². The average molecular weight is 275 g/mol. The van der Waals surface area contributed by atoms with Gasteiger partial charge in [0.25, 0.3) is 0 Å². The van der Waals surface area contributed by atoms with Gasteiger partial charge in [-0.25, -0.2) is 0 Å². The van der Waals surface area contributed by atoms with Gasteiger partial charge >= 0.3 is 0 Å². The zero-order valence-electron chi connectivity index (χ0n) is 12.7. The number of hydrogen-bond donors (Lipinski definition) is 1. The minimum absolute atomic E-state index is 0.0461. The van der Waals surface area contributed by atoms with Crippen LogP contribution in [0.5, 0.6) is 0 Å². The Bertz CT molecular complexity index is 369. The highest BCUT2D eigenvalue weighted by Gasteiger charge is 2.52. The van der Waals surface area contributed by atoms with Crippen LogP contribution in [-0.4, -0.2) is 11.9 Å². The van der Waals surface area contributed by atoms with Crippen LogP contribution >= 0.6 is 0 Å². The van der Waals surface area contributed by atoms with Gasteiger partial charge in [-0.2, -0.15) is 0 Å². The van der Waals surface area contributed by atoms with Crippen LogP contribution in [0.2, 0.25) is 0 Å². The van der Waals surface area contributed by atoms with Crippen molar-refractivity contribution in [1.82, 2.24) is 5.32 Å². The summed E-state index contributed by atoms with van der Waals surface area (Å²) in [7, 11) is 0. The topological polar surface area (TPSA) is 29.1 Å². The van der Waals surface area contributed by atoms with Gasteiger partial charge in [0.2, 0.25) is 5.91 Å². The molecule has 5 aliphatic rings. The van der Waals surface area contributed by atoms with E-state index in [-0.39, 0.29) is 5.41 Å². The van der Waals surface area contributed by atoms with Crippen LogP contribution in [0.1, 0.15) is 77.0 Å². The molecule has 5 aliphatic carbocycles. The van der Waals surface area contributed by atoms with Crippen molar-refractivity contribution in [1.29, 1.82) is 0 Å². The van der Waals surface area contributed by atoms with Crippen LogP contribution in [0, 0.1) is 23.2 Å². The molecule has 1 amide bonds. The zero-order valence-corrected chi connectivity index (χ0v) is 12.7. The number of hydrogen-bond acceptors (Lipinski definition) is 1. The Kier molecular flexibility index (Phi) is 3.31. The molecule has 112 valence electrons. The molecule has 0 aromatic carbocycles. The Labute approximate surface area is 123 Å². The molecule has 20 heavy (non-hydrogen) atoms. The van der Waals surface area contributed by atoms with Crippen molar-refractivity contribution in [2.75, 3.05) is 0 Å². The molecule has 0 heterocycles. The molecule has 5 rings (SSSR count). The lowest BCUT2D eigenvalue weighted by Gasteiger charge is -2.47. The first-order valence-corrected chi connectivity index (χ1v) is 9.04. The maximum absolute atomic E-state index is 13.0. The summed E-state index contributed by atoms with van der Waals surface area (Å²) in [5, 5.41) is 3.46. The van der Waals surface area contributed by atoms with E-state index >= 15 is 0 Å². The van der Waals surface area contributed by atoms with E-state index in [9.17, 15) is 4.79 Å². The molecule has 0 aromatic heterocycles. The highest BCUT2D eigenvalue weighted by Crippen LogP contribution is 2.57. The van der Waals surface area contributed by atoms with Crippen LogP contribution in [0.15, 0.2) is 0 Å². The van der Waals surface area contributed by atoms with Crippen molar-refractivity contribution in [3.63, 3.8) is 0 Å². The summed E-state index contributed by atoms with van der Waals surface area (Å²) < 4.78 is 0. The van der Waals surface area contributed by atoms with Crippen molar-refractivity contribution in [3.8, 4) is 0 Å². The second-order valence-corrected chi connectivity index (χ2v) is 8.35. The number of amides is 1.